The minimum atomic E-state index is -0.361. The molecular weight excluding hydrogens is 254 g/mol. The molecule has 0 unspecified atom stereocenters. The molecule has 2 amide bonds. The van der Waals surface area contributed by atoms with Gasteiger partial charge in [-0.2, -0.15) is 0 Å². The van der Waals surface area contributed by atoms with E-state index in [1.807, 2.05) is 6.07 Å². The summed E-state index contributed by atoms with van der Waals surface area (Å²) in [6.07, 6.45) is 1.66. The third-order valence-electron chi connectivity index (χ3n) is 2.51. The molecule has 1 saturated heterocycles. The molecule has 6 heteroatoms. The maximum absolute atomic E-state index is 11.4. The molecule has 0 aromatic heterocycles. The second-order valence-corrected chi connectivity index (χ2v) is 4.77. The van der Waals surface area contributed by atoms with Crippen LogP contribution in [0.5, 0.6) is 11.5 Å². The minimum Gasteiger partial charge on any atom is -0.486 e. The number of hydrogen-bond acceptors (Lipinski definition) is 5. The Morgan fingerprint density at radius 3 is 2.67 bits per heavy atom. The van der Waals surface area contributed by atoms with Gasteiger partial charge in [-0.05, 0) is 35.5 Å². The Bertz CT molecular complexity index is 567. The van der Waals surface area contributed by atoms with Crippen molar-refractivity contribution in [2.24, 2.45) is 0 Å². The van der Waals surface area contributed by atoms with Crippen LogP contribution in [0.1, 0.15) is 5.56 Å². The van der Waals surface area contributed by atoms with Crippen molar-refractivity contribution in [1.82, 2.24) is 5.32 Å². The average molecular weight is 263 g/mol. The van der Waals surface area contributed by atoms with Crippen LogP contribution in [0.2, 0.25) is 0 Å². The van der Waals surface area contributed by atoms with E-state index in [2.05, 4.69) is 5.32 Å². The zero-order valence-corrected chi connectivity index (χ0v) is 10.1. The van der Waals surface area contributed by atoms with E-state index < -0.39 is 0 Å². The van der Waals surface area contributed by atoms with Crippen molar-refractivity contribution >= 4 is 29.0 Å². The first-order valence-corrected chi connectivity index (χ1v) is 6.18. The number of ether oxygens (including phenoxy) is 2. The molecule has 2 heterocycles. The molecule has 1 N–H and O–H groups in total. The monoisotopic (exact) mass is 263 g/mol. The van der Waals surface area contributed by atoms with Crippen molar-refractivity contribution in [3.05, 3.63) is 28.7 Å². The zero-order chi connectivity index (χ0) is 12.5. The third kappa shape index (κ3) is 2.06. The van der Waals surface area contributed by atoms with Crippen LogP contribution in [0, 0.1) is 0 Å². The summed E-state index contributed by atoms with van der Waals surface area (Å²) in [7, 11) is 0. The molecule has 0 atom stereocenters. The number of nitrogens with one attached hydrogen (secondary N) is 1. The minimum absolute atomic E-state index is 0.344. The lowest BCUT2D eigenvalue weighted by Gasteiger charge is -2.18. The fourth-order valence-electron chi connectivity index (χ4n) is 1.72. The van der Waals surface area contributed by atoms with Crippen molar-refractivity contribution in [2.75, 3.05) is 13.2 Å². The summed E-state index contributed by atoms with van der Waals surface area (Å²) in [4.78, 5) is 22.8. The molecule has 92 valence electrons. The van der Waals surface area contributed by atoms with Gasteiger partial charge in [-0.1, -0.05) is 6.07 Å². The van der Waals surface area contributed by atoms with Gasteiger partial charge in [0.15, 0.2) is 11.5 Å². The predicted octanol–water partition coefficient (Wildman–Crippen LogP) is 1.78. The van der Waals surface area contributed by atoms with Crippen LogP contribution in [0.3, 0.4) is 0 Å². The van der Waals surface area contributed by atoms with Gasteiger partial charge in [-0.3, -0.25) is 14.9 Å². The number of hydrogen-bond donors (Lipinski definition) is 1. The maximum atomic E-state index is 11.4. The fraction of sp³-hybridized carbons (Fsp3) is 0.167. The normalized spacial score (nSPS) is 20.1. The van der Waals surface area contributed by atoms with E-state index >= 15 is 0 Å². The van der Waals surface area contributed by atoms with Gasteiger partial charge in [0.2, 0.25) is 0 Å². The molecule has 1 fully saturated rings. The van der Waals surface area contributed by atoms with Crippen LogP contribution in [-0.2, 0) is 4.79 Å². The molecule has 0 saturated carbocycles. The summed E-state index contributed by atoms with van der Waals surface area (Å²) in [5, 5.41) is 1.87. The van der Waals surface area contributed by atoms with Gasteiger partial charge in [0.1, 0.15) is 13.2 Å². The summed E-state index contributed by atoms with van der Waals surface area (Å²) in [6.45, 7) is 1.06. The molecule has 5 nitrogen and oxygen atoms in total. The second-order valence-electron chi connectivity index (χ2n) is 3.76. The average Bonchev–Trinajstić information content (AvgIpc) is 2.68. The van der Waals surface area contributed by atoms with E-state index in [0.717, 1.165) is 17.3 Å². The highest BCUT2D eigenvalue weighted by Crippen LogP contribution is 2.33. The Kier molecular flexibility index (Phi) is 2.71. The molecule has 18 heavy (non-hydrogen) atoms. The van der Waals surface area contributed by atoms with Crippen molar-refractivity contribution in [3.8, 4) is 11.5 Å². The maximum Gasteiger partial charge on any atom is 0.290 e. The smallest absolute Gasteiger partial charge is 0.290 e. The lowest BCUT2D eigenvalue weighted by atomic mass is 10.2. The second kappa shape index (κ2) is 4.38. The van der Waals surface area contributed by atoms with E-state index in [0.29, 0.717) is 29.6 Å². The summed E-state index contributed by atoms with van der Waals surface area (Å²) in [5.41, 5.74) is 0.798. The Balaban J connectivity index is 1.91. The van der Waals surface area contributed by atoms with Crippen LogP contribution in [0.15, 0.2) is 23.1 Å². The van der Waals surface area contributed by atoms with Crippen molar-refractivity contribution in [2.45, 2.75) is 0 Å². The van der Waals surface area contributed by atoms with E-state index in [1.54, 1.807) is 18.2 Å². The van der Waals surface area contributed by atoms with Crippen LogP contribution >= 0.6 is 11.8 Å². The molecule has 1 aromatic rings. The van der Waals surface area contributed by atoms with E-state index in [9.17, 15) is 9.59 Å². The Hall–Kier alpha value is -1.95. The van der Waals surface area contributed by atoms with Gasteiger partial charge in [0.25, 0.3) is 11.1 Å². The summed E-state index contributed by atoms with van der Waals surface area (Å²) < 4.78 is 10.9. The van der Waals surface area contributed by atoms with Gasteiger partial charge < -0.3 is 9.47 Å². The molecule has 2 aliphatic rings. The summed E-state index contributed by atoms with van der Waals surface area (Å²) in [5.74, 6) is 0.994. The molecule has 0 radical (unpaired) electrons. The summed E-state index contributed by atoms with van der Waals surface area (Å²) in [6, 6.07) is 5.40. The quantitative estimate of drug-likeness (QED) is 0.782. The zero-order valence-electron chi connectivity index (χ0n) is 9.26. The number of fused-ring (bicyclic) bond motifs is 1. The van der Waals surface area contributed by atoms with Crippen LogP contribution in [0.4, 0.5) is 4.79 Å². The topological polar surface area (TPSA) is 64.6 Å². The highest BCUT2D eigenvalue weighted by molar-refractivity contribution is 8.18. The standard InChI is InChI=1S/C12H9NO4S/c14-11-10(18-12(15)13-11)6-7-1-2-8-9(5-7)17-4-3-16-8/h1-2,5-6H,3-4H2,(H,13,14,15)/b10-6-. The van der Waals surface area contributed by atoms with Crippen molar-refractivity contribution in [3.63, 3.8) is 0 Å². The van der Waals surface area contributed by atoms with E-state index in [-0.39, 0.29) is 11.1 Å². The first-order valence-electron chi connectivity index (χ1n) is 5.37. The first-order chi connectivity index (χ1) is 8.72. The number of thioether (sulfide) groups is 1. The van der Waals surface area contributed by atoms with Gasteiger partial charge in [0.05, 0.1) is 4.91 Å². The van der Waals surface area contributed by atoms with E-state index in [4.69, 9.17) is 9.47 Å². The highest BCUT2D eigenvalue weighted by Gasteiger charge is 2.25. The van der Waals surface area contributed by atoms with Crippen LogP contribution in [-0.4, -0.2) is 24.4 Å². The molecule has 2 aliphatic heterocycles. The molecule has 0 aliphatic carbocycles. The Labute approximate surface area is 107 Å². The molecule has 3 rings (SSSR count). The Morgan fingerprint density at radius 2 is 1.94 bits per heavy atom. The van der Waals surface area contributed by atoms with Gasteiger partial charge in [0, 0.05) is 0 Å². The van der Waals surface area contributed by atoms with E-state index in [1.165, 1.54) is 0 Å². The molecular formula is C12H9NO4S. The van der Waals surface area contributed by atoms with Crippen LogP contribution in [0.25, 0.3) is 6.08 Å². The lowest BCUT2D eigenvalue weighted by Crippen LogP contribution is -2.17. The summed E-state index contributed by atoms with van der Waals surface area (Å²) >= 11 is 0.895. The number of amides is 2. The number of benzene rings is 1. The predicted molar refractivity (Wildman–Crippen MR) is 66.5 cm³/mol. The number of carbonyl (C=O) groups excluding carboxylic acids is 2. The Morgan fingerprint density at radius 1 is 1.17 bits per heavy atom. The fourth-order valence-corrected chi connectivity index (χ4v) is 2.40. The highest BCUT2D eigenvalue weighted by atomic mass is 32.2. The van der Waals surface area contributed by atoms with Crippen LogP contribution < -0.4 is 14.8 Å². The molecule has 0 spiro atoms. The lowest BCUT2D eigenvalue weighted by molar-refractivity contribution is -0.115. The first kappa shape index (κ1) is 11.2. The molecule has 1 aromatic carbocycles. The van der Waals surface area contributed by atoms with Gasteiger partial charge in [-0.25, -0.2) is 0 Å². The number of imide groups is 1. The number of rotatable bonds is 1. The van der Waals surface area contributed by atoms with Gasteiger partial charge >= 0.3 is 0 Å². The SMILES string of the molecule is O=C1NC(=O)/C(=C/c2ccc3c(c2)OCCO3)S1. The number of carbonyl (C=O) groups is 2. The van der Waals surface area contributed by atoms with Crippen molar-refractivity contribution in [1.29, 1.82) is 0 Å². The van der Waals surface area contributed by atoms with Crippen molar-refractivity contribution < 1.29 is 19.1 Å². The third-order valence-corrected chi connectivity index (χ3v) is 3.32. The largest absolute Gasteiger partial charge is 0.486 e. The molecule has 0 bridgehead atoms. The van der Waals surface area contributed by atoms with Gasteiger partial charge in [-0.15, -0.1) is 0 Å².